The SMILES string of the molecule is O=C(c1ccnnc1)N1C[C@H]2[C@@H](CCOCc3ccncc3)CO[C@H]2C1. The van der Waals surface area contributed by atoms with Gasteiger partial charge in [-0.2, -0.15) is 10.2 Å². The monoisotopic (exact) mass is 354 g/mol. The highest BCUT2D eigenvalue weighted by atomic mass is 16.5. The van der Waals surface area contributed by atoms with Crippen LogP contribution in [0.4, 0.5) is 0 Å². The summed E-state index contributed by atoms with van der Waals surface area (Å²) in [7, 11) is 0. The Kier molecular flexibility index (Phi) is 5.17. The van der Waals surface area contributed by atoms with E-state index >= 15 is 0 Å². The molecule has 2 aromatic rings. The number of ether oxygens (including phenoxy) is 2. The molecule has 7 nitrogen and oxygen atoms in total. The van der Waals surface area contributed by atoms with Crippen LogP contribution in [0, 0.1) is 11.8 Å². The van der Waals surface area contributed by atoms with E-state index in [1.807, 2.05) is 17.0 Å². The molecule has 0 saturated carbocycles. The summed E-state index contributed by atoms with van der Waals surface area (Å²) in [6.45, 7) is 3.44. The van der Waals surface area contributed by atoms with Crippen LogP contribution < -0.4 is 0 Å². The van der Waals surface area contributed by atoms with Crippen molar-refractivity contribution >= 4 is 5.91 Å². The van der Waals surface area contributed by atoms with Crippen molar-refractivity contribution in [2.45, 2.75) is 19.1 Å². The number of carbonyl (C=O) groups excluding carboxylic acids is 1. The van der Waals surface area contributed by atoms with Gasteiger partial charge in [-0.05, 0) is 36.1 Å². The van der Waals surface area contributed by atoms with Gasteiger partial charge >= 0.3 is 0 Å². The average molecular weight is 354 g/mol. The lowest BCUT2D eigenvalue weighted by molar-refractivity contribution is 0.0648. The zero-order valence-corrected chi connectivity index (χ0v) is 14.5. The predicted octanol–water partition coefficient (Wildman–Crippen LogP) is 1.57. The number of hydrogen-bond acceptors (Lipinski definition) is 6. The molecular weight excluding hydrogens is 332 g/mol. The molecule has 0 aromatic carbocycles. The Morgan fingerprint density at radius 1 is 1.19 bits per heavy atom. The fourth-order valence-electron chi connectivity index (χ4n) is 3.77. The first-order valence-electron chi connectivity index (χ1n) is 8.95. The maximum Gasteiger partial charge on any atom is 0.255 e. The van der Waals surface area contributed by atoms with E-state index in [9.17, 15) is 4.79 Å². The van der Waals surface area contributed by atoms with Crippen molar-refractivity contribution in [2.75, 3.05) is 26.3 Å². The van der Waals surface area contributed by atoms with Crippen LogP contribution in [0.3, 0.4) is 0 Å². The third-order valence-corrected chi connectivity index (χ3v) is 5.21. The average Bonchev–Trinajstić information content (AvgIpc) is 3.27. The highest BCUT2D eigenvalue weighted by Crippen LogP contribution is 2.36. The van der Waals surface area contributed by atoms with E-state index in [4.69, 9.17) is 9.47 Å². The fourth-order valence-corrected chi connectivity index (χ4v) is 3.77. The van der Waals surface area contributed by atoms with E-state index in [0.29, 0.717) is 37.2 Å². The molecule has 3 atom stereocenters. The van der Waals surface area contributed by atoms with Gasteiger partial charge in [0.15, 0.2) is 0 Å². The molecule has 136 valence electrons. The van der Waals surface area contributed by atoms with E-state index in [1.165, 1.54) is 6.20 Å². The van der Waals surface area contributed by atoms with Gasteiger partial charge in [0.2, 0.25) is 0 Å². The third kappa shape index (κ3) is 3.73. The Labute approximate surface area is 152 Å². The maximum absolute atomic E-state index is 12.6. The van der Waals surface area contributed by atoms with Crippen LogP contribution in [-0.4, -0.2) is 58.4 Å². The zero-order valence-electron chi connectivity index (χ0n) is 14.5. The summed E-state index contributed by atoms with van der Waals surface area (Å²) in [6.07, 6.45) is 7.70. The van der Waals surface area contributed by atoms with E-state index < -0.39 is 0 Å². The van der Waals surface area contributed by atoms with Gasteiger partial charge in [-0.1, -0.05) is 0 Å². The van der Waals surface area contributed by atoms with Crippen LogP contribution in [0.2, 0.25) is 0 Å². The van der Waals surface area contributed by atoms with Crippen molar-refractivity contribution in [1.82, 2.24) is 20.1 Å². The lowest BCUT2D eigenvalue weighted by atomic mass is 9.91. The Bertz CT molecular complexity index is 728. The predicted molar refractivity (Wildman–Crippen MR) is 93.2 cm³/mol. The highest BCUT2D eigenvalue weighted by Gasteiger charge is 2.44. The molecule has 0 aliphatic carbocycles. The molecule has 26 heavy (non-hydrogen) atoms. The van der Waals surface area contributed by atoms with E-state index in [2.05, 4.69) is 15.2 Å². The summed E-state index contributed by atoms with van der Waals surface area (Å²) in [4.78, 5) is 18.5. The van der Waals surface area contributed by atoms with Crippen molar-refractivity contribution < 1.29 is 14.3 Å². The van der Waals surface area contributed by atoms with Gasteiger partial charge < -0.3 is 14.4 Å². The number of likely N-dealkylation sites (tertiary alicyclic amines) is 1. The van der Waals surface area contributed by atoms with Gasteiger partial charge in [-0.25, -0.2) is 0 Å². The summed E-state index contributed by atoms with van der Waals surface area (Å²) in [5, 5.41) is 7.51. The topological polar surface area (TPSA) is 77.4 Å². The van der Waals surface area contributed by atoms with Crippen LogP contribution >= 0.6 is 0 Å². The van der Waals surface area contributed by atoms with E-state index in [-0.39, 0.29) is 12.0 Å². The number of aromatic nitrogens is 3. The van der Waals surface area contributed by atoms with E-state index in [1.54, 1.807) is 24.7 Å². The molecule has 0 bridgehead atoms. The van der Waals surface area contributed by atoms with Gasteiger partial charge in [0.25, 0.3) is 5.91 Å². The minimum absolute atomic E-state index is 0.00517. The first kappa shape index (κ1) is 17.1. The molecule has 0 N–H and O–H groups in total. The molecule has 7 heteroatoms. The second kappa shape index (κ2) is 7.88. The molecule has 0 unspecified atom stereocenters. The normalized spacial score (nSPS) is 24.6. The molecule has 0 spiro atoms. The quantitative estimate of drug-likeness (QED) is 0.733. The second-order valence-electron chi connectivity index (χ2n) is 6.83. The lowest BCUT2D eigenvalue weighted by Crippen LogP contribution is -2.31. The number of amides is 1. The molecule has 0 radical (unpaired) electrons. The van der Waals surface area contributed by atoms with Crippen molar-refractivity contribution in [2.24, 2.45) is 11.8 Å². The van der Waals surface area contributed by atoms with Crippen molar-refractivity contribution in [3.63, 3.8) is 0 Å². The van der Waals surface area contributed by atoms with E-state index in [0.717, 1.165) is 25.1 Å². The molecule has 2 aliphatic rings. The standard InChI is InChI=1S/C19H22N4O3/c24-19(15-3-7-21-22-9-15)23-10-17-16(13-26-18(17)11-23)4-8-25-12-14-1-5-20-6-2-14/h1-3,5-7,9,16-18H,4,8,10-13H2/t16-,17-,18-/m0/s1. The Morgan fingerprint density at radius 2 is 2.08 bits per heavy atom. The van der Waals surface area contributed by atoms with Gasteiger partial charge in [0.05, 0.1) is 37.3 Å². The van der Waals surface area contributed by atoms with Gasteiger partial charge in [0.1, 0.15) is 0 Å². The number of carbonyl (C=O) groups is 1. The maximum atomic E-state index is 12.6. The molecule has 4 rings (SSSR count). The van der Waals surface area contributed by atoms with Gasteiger partial charge in [-0.3, -0.25) is 9.78 Å². The largest absolute Gasteiger partial charge is 0.377 e. The van der Waals surface area contributed by atoms with Crippen LogP contribution in [0.25, 0.3) is 0 Å². The molecule has 2 fully saturated rings. The minimum Gasteiger partial charge on any atom is -0.377 e. The summed E-state index contributed by atoms with van der Waals surface area (Å²) in [5.74, 6) is 0.828. The number of pyridine rings is 1. The fraction of sp³-hybridized carbons (Fsp3) is 0.474. The molecular formula is C19H22N4O3. The highest BCUT2D eigenvalue weighted by molar-refractivity contribution is 5.94. The van der Waals surface area contributed by atoms with Crippen molar-refractivity contribution in [1.29, 1.82) is 0 Å². The van der Waals surface area contributed by atoms with Gasteiger partial charge in [-0.15, -0.1) is 0 Å². The first-order chi connectivity index (χ1) is 12.8. The summed E-state index contributed by atoms with van der Waals surface area (Å²) < 4.78 is 11.7. The Morgan fingerprint density at radius 3 is 2.88 bits per heavy atom. The Balaban J connectivity index is 1.26. The number of rotatable bonds is 6. The number of hydrogen-bond donors (Lipinski definition) is 0. The first-order valence-corrected chi connectivity index (χ1v) is 8.95. The summed E-state index contributed by atoms with van der Waals surface area (Å²) >= 11 is 0. The summed E-state index contributed by atoms with van der Waals surface area (Å²) in [5.41, 5.74) is 1.71. The van der Waals surface area contributed by atoms with Gasteiger partial charge in [0, 0.05) is 38.0 Å². The third-order valence-electron chi connectivity index (χ3n) is 5.21. The number of fused-ring (bicyclic) bond motifs is 1. The molecule has 4 heterocycles. The lowest BCUT2D eigenvalue weighted by Gasteiger charge is -2.19. The van der Waals surface area contributed by atoms with Crippen LogP contribution in [0.15, 0.2) is 43.0 Å². The van der Waals surface area contributed by atoms with Crippen molar-refractivity contribution in [3.05, 3.63) is 54.1 Å². The van der Waals surface area contributed by atoms with Crippen molar-refractivity contribution in [3.8, 4) is 0 Å². The minimum atomic E-state index is 0.00517. The smallest absolute Gasteiger partial charge is 0.255 e. The summed E-state index contributed by atoms with van der Waals surface area (Å²) in [6, 6.07) is 5.63. The van der Waals surface area contributed by atoms with Crippen LogP contribution in [0.1, 0.15) is 22.3 Å². The molecule has 2 saturated heterocycles. The molecule has 2 aromatic heterocycles. The Hall–Kier alpha value is -2.38. The molecule has 2 aliphatic heterocycles. The zero-order chi connectivity index (χ0) is 17.8. The van der Waals surface area contributed by atoms with Crippen LogP contribution in [-0.2, 0) is 16.1 Å². The molecule has 1 amide bonds. The second-order valence-corrected chi connectivity index (χ2v) is 6.83. The number of nitrogens with zero attached hydrogens (tertiary/aromatic N) is 4. The van der Waals surface area contributed by atoms with Crippen LogP contribution in [0.5, 0.6) is 0 Å².